The third-order valence-electron chi connectivity index (χ3n) is 9.68. The van der Waals surface area contributed by atoms with Gasteiger partial charge < -0.3 is 29.5 Å². The molecule has 0 radical (unpaired) electrons. The van der Waals surface area contributed by atoms with Crippen molar-refractivity contribution in [1.82, 2.24) is 0 Å². The fraction of sp³-hybridized carbons (Fsp3) is 0.222. The van der Waals surface area contributed by atoms with Gasteiger partial charge in [0.05, 0.1) is 11.1 Å². The van der Waals surface area contributed by atoms with Crippen LogP contribution in [0, 0.1) is 0 Å². The van der Waals surface area contributed by atoms with E-state index < -0.39 is 37.9 Å². The number of nitrogens with one attached hydrogen (secondary N) is 1. The zero-order valence-corrected chi connectivity index (χ0v) is 34.0. The van der Waals surface area contributed by atoms with Crippen LogP contribution in [0.5, 0.6) is 11.5 Å². The average Bonchev–Trinajstić information content (AvgIpc) is 3.51. The summed E-state index contributed by atoms with van der Waals surface area (Å²) in [7, 11) is -4.60. The highest BCUT2D eigenvalue weighted by Gasteiger charge is 2.53. The van der Waals surface area contributed by atoms with Crippen molar-refractivity contribution in [2.45, 2.75) is 39.0 Å². The van der Waals surface area contributed by atoms with Gasteiger partial charge in [-0.3, -0.25) is 14.5 Å². The molecule has 312 valence electrons. The maximum Gasteiger partial charge on any atom is 0.471 e. The van der Waals surface area contributed by atoms with Crippen LogP contribution in [0.25, 0.3) is 0 Å². The highest BCUT2D eigenvalue weighted by Crippen LogP contribution is 2.57. The lowest BCUT2D eigenvalue weighted by Crippen LogP contribution is -2.33. The van der Waals surface area contributed by atoms with E-state index >= 15 is 0 Å². The summed E-state index contributed by atoms with van der Waals surface area (Å²) in [6.45, 7) is 7.26. The van der Waals surface area contributed by atoms with Crippen molar-refractivity contribution in [3.8, 4) is 11.5 Å². The van der Waals surface area contributed by atoms with Crippen molar-refractivity contribution in [2.24, 2.45) is 9.98 Å². The Balaban J connectivity index is 1.21. The van der Waals surface area contributed by atoms with Crippen molar-refractivity contribution in [3.05, 3.63) is 160 Å². The van der Waals surface area contributed by atoms with E-state index in [-0.39, 0.29) is 5.69 Å². The average molecular weight is 841 g/mol. The van der Waals surface area contributed by atoms with Gasteiger partial charge in [0.15, 0.2) is 5.60 Å². The normalized spacial score (nSPS) is 16.8. The molecule has 6 rings (SSSR count). The molecule has 2 aliphatic rings. The molecule has 4 aromatic rings. The number of carbonyl (C=O) groups excluding carboxylic acids is 1. The van der Waals surface area contributed by atoms with Gasteiger partial charge in [-0.2, -0.15) is 13.2 Å². The van der Waals surface area contributed by atoms with E-state index in [4.69, 9.17) is 19.3 Å². The van der Waals surface area contributed by atoms with Crippen LogP contribution in [0.4, 0.5) is 30.2 Å². The summed E-state index contributed by atoms with van der Waals surface area (Å²) in [6, 6.07) is 23.1. The Hall–Kier alpha value is -6.05. The number of nitrogens with zero attached hydrogens (tertiary/aromatic N) is 3. The number of allylic oxidation sites excluding steroid dienone is 8. The molecule has 0 aliphatic carbocycles. The number of carbonyl (C=O) groups is 1. The van der Waals surface area contributed by atoms with E-state index in [1.807, 2.05) is 74.6 Å². The second kappa shape index (κ2) is 18.9. The molecule has 0 saturated carbocycles. The minimum absolute atomic E-state index is 0.245. The summed E-state index contributed by atoms with van der Waals surface area (Å²) in [5.74, 6) is 0.447. The van der Waals surface area contributed by atoms with Crippen molar-refractivity contribution < 1.29 is 46.3 Å². The molecule has 0 amide bonds. The SMILES string of the molecule is C\C=C/C(=C/C=N/COP(=O)(O)O)C(/C=C\C)=C/C=N/CCCN(CC)c1ccc2c(c1)Oc1ccc(Nc3cccc(C(F)(F)F)c3)cc1C21OC(=O)c2ccccc21. The number of hydrogen-bond acceptors (Lipinski definition) is 9. The third kappa shape index (κ3) is 10.0. The van der Waals surface area contributed by atoms with Crippen LogP contribution < -0.4 is 15.0 Å². The summed E-state index contributed by atoms with van der Waals surface area (Å²) >= 11 is 0. The van der Waals surface area contributed by atoms with E-state index in [2.05, 4.69) is 31.6 Å². The first-order chi connectivity index (χ1) is 28.8. The van der Waals surface area contributed by atoms with Crippen molar-refractivity contribution >= 4 is 43.3 Å². The maximum absolute atomic E-state index is 13.5. The Bertz CT molecular complexity index is 2450. The van der Waals surface area contributed by atoms with Gasteiger partial charge in [-0.05, 0) is 105 Å². The molecule has 3 N–H and O–H groups in total. The number of phosphoric acid groups is 1. The molecule has 15 heteroatoms. The standard InChI is InChI=1S/C45H44F3N4O7P/c1-4-11-31(32(12-5-2)22-25-50-30-57-60(54,55)56)21-24-49-23-10-26-52(6-3)36-18-19-39-42(29-36)58-41-20-17-35(51-34-14-9-13-33(27-34)45(46,47)48)28-40(41)44(39)38-16-8-7-15-37(38)43(53)59-44/h4-5,7-9,11-22,24-25,27-29,51H,6,10,23,26,30H2,1-3H3,(H2,54,55,56)/b11-4-,12-5-,31-21+,32-22-,49-24+,50-25+. The lowest BCUT2D eigenvalue weighted by molar-refractivity contribution is -0.137. The molecule has 1 atom stereocenters. The van der Waals surface area contributed by atoms with Crippen molar-refractivity contribution in [2.75, 3.05) is 36.6 Å². The van der Waals surface area contributed by atoms with Crippen LogP contribution in [-0.2, 0) is 25.6 Å². The van der Waals surface area contributed by atoms with Crippen LogP contribution in [0.2, 0.25) is 0 Å². The first-order valence-corrected chi connectivity index (χ1v) is 20.7. The number of anilines is 3. The van der Waals surface area contributed by atoms with E-state index in [9.17, 15) is 22.5 Å². The maximum atomic E-state index is 13.5. The highest BCUT2D eigenvalue weighted by molar-refractivity contribution is 7.46. The number of aliphatic imine (C=N–C) groups is 2. The molecule has 1 spiro atoms. The summed E-state index contributed by atoms with van der Waals surface area (Å²) in [5, 5.41) is 3.08. The number of alkyl halides is 3. The lowest BCUT2D eigenvalue weighted by Gasteiger charge is -2.37. The van der Waals surface area contributed by atoms with Crippen LogP contribution in [0.15, 0.2) is 143 Å². The second-order valence-corrected chi connectivity index (χ2v) is 14.9. The first kappa shape index (κ1) is 43.5. The topological polar surface area (TPSA) is 142 Å². The van der Waals surface area contributed by atoms with Gasteiger partial charge in [0.2, 0.25) is 0 Å². The summed E-state index contributed by atoms with van der Waals surface area (Å²) in [5.41, 5.74) is 3.32. The van der Waals surface area contributed by atoms with Crippen molar-refractivity contribution in [3.63, 3.8) is 0 Å². The van der Waals surface area contributed by atoms with Gasteiger partial charge in [0.1, 0.15) is 18.2 Å². The number of esters is 1. The number of rotatable bonds is 16. The quantitative estimate of drug-likeness (QED) is 0.0330. The number of halogens is 3. The van der Waals surface area contributed by atoms with Crippen molar-refractivity contribution in [1.29, 1.82) is 0 Å². The molecule has 0 saturated heterocycles. The van der Waals surface area contributed by atoms with Gasteiger partial charge >= 0.3 is 20.0 Å². The minimum atomic E-state index is -4.60. The molecular formula is C45H44F3N4O7P. The van der Waals surface area contributed by atoms with Crippen LogP contribution in [-0.4, -0.2) is 54.6 Å². The molecule has 4 aromatic carbocycles. The Morgan fingerprint density at radius 1 is 0.867 bits per heavy atom. The number of ether oxygens (including phenoxy) is 2. The molecule has 2 aliphatic heterocycles. The lowest BCUT2D eigenvalue weighted by atomic mass is 9.77. The zero-order chi connectivity index (χ0) is 42.9. The molecule has 2 heterocycles. The zero-order valence-electron chi connectivity index (χ0n) is 33.1. The molecule has 11 nitrogen and oxygen atoms in total. The number of phosphoric ester groups is 1. The van der Waals surface area contributed by atoms with Crippen LogP contribution >= 0.6 is 7.82 Å². The third-order valence-corrected chi connectivity index (χ3v) is 10.1. The largest absolute Gasteiger partial charge is 0.471 e. The predicted octanol–water partition coefficient (Wildman–Crippen LogP) is 10.4. The molecule has 0 bridgehead atoms. The molecule has 60 heavy (non-hydrogen) atoms. The summed E-state index contributed by atoms with van der Waals surface area (Å²) < 4.78 is 68.6. The molecule has 1 unspecified atom stereocenters. The Morgan fingerprint density at radius 2 is 1.58 bits per heavy atom. The molecular weight excluding hydrogens is 796 g/mol. The Kier molecular flexibility index (Phi) is 13.7. The number of benzene rings is 4. The van der Waals surface area contributed by atoms with E-state index in [0.717, 1.165) is 35.4 Å². The van der Waals surface area contributed by atoms with E-state index in [1.165, 1.54) is 12.3 Å². The fourth-order valence-electron chi connectivity index (χ4n) is 7.05. The van der Waals surface area contributed by atoms with Gasteiger partial charge in [-0.1, -0.05) is 48.6 Å². The van der Waals surface area contributed by atoms with Crippen LogP contribution in [0.3, 0.4) is 0 Å². The highest BCUT2D eigenvalue weighted by atomic mass is 31.2. The predicted molar refractivity (Wildman–Crippen MR) is 228 cm³/mol. The monoisotopic (exact) mass is 840 g/mol. The Morgan fingerprint density at radius 3 is 2.28 bits per heavy atom. The summed E-state index contributed by atoms with van der Waals surface area (Å²) in [4.78, 5) is 41.8. The Labute approximate surface area is 346 Å². The van der Waals surface area contributed by atoms with Gasteiger partial charge in [0.25, 0.3) is 0 Å². The second-order valence-electron chi connectivity index (χ2n) is 13.6. The number of hydrogen-bond donors (Lipinski definition) is 3. The first-order valence-electron chi connectivity index (χ1n) is 19.1. The minimum Gasteiger partial charge on any atom is -0.456 e. The van der Waals surface area contributed by atoms with Gasteiger partial charge in [-0.15, -0.1) is 0 Å². The molecule has 0 aromatic heterocycles. The van der Waals surface area contributed by atoms with Crippen LogP contribution in [0.1, 0.15) is 59.8 Å². The summed E-state index contributed by atoms with van der Waals surface area (Å²) in [6.07, 6.45) is 10.5. The van der Waals surface area contributed by atoms with E-state index in [1.54, 1.807) is 48.7 Å². The van der Waals surface area contributed by atoms with Gasteiger partial charge in [0, 0.05) is 71.9 Å². The smallest absolute Gasteiger partial charge is 0.456 e. The molecule has 0 fully saturated rings. The number of fused-ring (bicyclic) bond motifs is 6. The fourth-order valence-corrected chi connectivity index (χ4v) is 7.26. The van der Waals surface area contributed by atoms with E-state index in [0.29, 0.717) is 59.1 Å². The van der Waals surface area contributed by atoms with Gasteiger partial charge in [-0.25, -0.2) is 9.36 Å².